The Morgan fingerprint density at radius 1 is 0.805 bits per heavy atom. The van der Waals surface area contributed by atoms with Gasteiger partial charge in [0.1, 0.15) is 10.8 Å². The van der Waals surface area contributed by atoms with E-state index in [4.69, 9.17) is 50.8 Å². The highest BCUT2D eigenvalue weighted by atomic mass is 35.5. The molecule has 6 nitrogen and oxygen atoms in total. The second kappa shape index (κ2) is 17.9. The minimum Gasteiger partial charge on any atom is -0.506 e. The number of unbranched alkanes of at least 4 members (excludes halogenated alkanes) is 13. The summed E-state index contributed by atoms with van der Waals surface area (Å²) in [5.74, 6) is -0.778. The summed E-state index contributed by atoms with van der Waals surface area (Å²) in [5.41, 5.74) is 1.32. The minimum atomic E-state index is -0.697. The lowest BCUT2D eigenvalue weighted by Gasteiger charge is -2.14. The lowest BCUT2D eigenvalue weighted by molar-refractivity contribution is 0.457. The lowest BCUT2D eigenvalue weighted by atomic mass is 10.0. The zero-order valence-corrected chi connectivity index (χ0v) is 26.8. The third-order valence-electron chi connectivity index (χ3n) is 7.20. The topological polar surface area (TPSA) is 80.3 Å². The van der Waals surface area contributed by atoms with E-state index in [1.54, 1.807) is 24.3 Å². The van der Waals surface area contributed by atoms with Crippen LogP contribution >= 0.6 is 46.4 Å². The van der Waals surface area contributed by atoms with E-state index in [1.807, 2.05) is 0 Å². The Morgan fingerprint density at radius 2 is 1.39 bits per heavy atom. The number of nitrogens with zero attached hydrogens (tertiary/aromatic N) is 2. The number of phenols is 1. The number of aromatic nitrogens is 2. The molecule has 2 N–H and O–H groups in total. The summed E-state index contributed by atoms with van der Waals surface area (Å²) in [6.45, 7) is 2.89. The van der Waals surface area contributed by atoms with Crippen LogP contribution in [0.4, 0.5) is 5.69 Å². The van der Waals surface area contributed by atoms with E-state index in [9.17, 15) is 9.90 Å². The molecule has 0 unspecified atom stereocenters. The number of benzene rings is 2. The zero-order valence-electron chi connectivity index (χ0n) is 23.8. The van der Waals surface area contributed by atoms with Crippen LogP contribution in [0, 0.1) is 0 Å². The maximum absolute atomic E-state index is 12.4. The van der Waals surface area contributed by atoms with Crippen molar-refractivity contribution in [1.82, 2.24) is 9.78 Å². The monoisotopic (exact) mass is 643 g/mol. The van der Waals surface area contributed by atoms with Crippen LogP contribution in [-0.2, 0) is 6.54 Å². The molecule has 226 valence electrons. The molecule has 3 rings (SSSR count). The van der Waals surface area contributed by atoms with E-state index in [0.29, 0.717) is 38.4 Å². The Bertz CT molecular complexity index is 1290. The first kappa shape index (κ1) is 33.6. The summed E-state index contributed by atoms with van der Waals surface area (Å²) in [7, 11) is 0. The van der Waals surface area contributed by atoms with Crippen molar-refractivity contribution in [3.8, 4) is 17.2 Å². The first-order valence-corrected chi connectivity index (χ1v) is 16.3. The van der Waals surface area contributed by atoms with Crippen LogP contribution in [0.5, 0.6) is 5.75 Å². The van der Waals surface area contributed by atoms with E-state index >= 15 is 0 Å². The van der Waals surface area contributed by atoms with Crippen LogP contribution in [0.15, 0.2) is 33.5 Å². The average molecular weight is 645 g/mol. The number of anilines is 1. The predicted octanol–water partition coefficient (Wildman–Crippen LogP) is 10.8. The molecule has 0 fully saturated rings. The van der Waals surface area contributed by atoms with Crippen LogP contribution in [0.2, 0.25) is 20.1 Å². The van der Waals surface area contributed by atoms with E-state index in [2.05, 4.69) is 17.3 Å². The second-order valence-corrected chi connectivity index (χ2v) is 12.1. The van der Waals surface area contributed by atoms with Crippen LogP contribution < -0.4 is 11.1 Å². The first-order chi connectivity index (χ1) is 19.8. The SMILES string of the molecule is CCCCCCCCCCCCCCCCNc1c(Cl)cc(Cn2nc(-c3ccc(Cl)c(Cl)c3)oc2=O)c(O)c1Cl. The quantitative estimate of drug-likeness (QED) is 0.127. The fraction of sp³-hybridized carbons (Fsp3) is 0.548. The van der Waals surface area contributed by atoms with Crippen molar-refractivity contribution in [3.05, 3.63) is 60.5 Å². The Balaban J connectivity index is 1.40. The van der Waals surface area contributed by atoms with Crippen molar-refractivity contribution in [1.29, 1.82) is 0 Å². The number of rotatable bonds is 19. The van der Waals surface area contributed by atoms with Gasteiger partial charge in [0, 0.05) is 17.7 Å². The molecule has 2 aromatic carbocycles. The van der Waals surface area contributed by atoms with Crippen LogP contribution in [-0.4, -0.2) is 21.4 Å². The highest BCUT2D eigenvalue weighted by Crippen LogP contribution is 2.40. The number of hydrogen-bond acceptors (Lipinski definition) is 5. The molecule has 0 radical (unpaired) electrons. The highest BCUT2D eigenvalue weighted by Gasteiger charge is 2.18. The number of aromatic hydroxyl groups is 1. The molecule has 3 aromatic rings. The Morgan fingerprint density at radius 3 is 1.98 bits per heavy atom. The van der Waals surface area contributed by atoms with Gasteiger partial charge in [-0.05, 0) is 30.7 Å². The predicted molar refractivity (Wildman–Crippen MR) is 172 cm³/mol. The van der Waals surface area contributed by atoms with E-state index in [-0.39, 0.29) is 23.2 Å². The molecule has 10 heteroatoms. The van der Waals surface area contributed by atoms with Crippen LogP contribution in [0.1, 0.15) is 102 Å². The van der Waals surface area contributed by atoms with Crippen molar-refractivity contribution in [2.75, 3.05) is 11.9 Å². The van der Waals surface area contributed by atoms with Crippen molar-refractivity contribution in [2.45, 2.75) is 103 Å². The van der Waals surface area contributed by atoms with Crippen molar-refractivity contribution in [3.63, 3.8) is 0 Å². The van der Waals surface area contributed by atoms with Gasteiger partial charge >= 0.3 is 5.76 Å². The molecule has 0 bridgehead atoms. The van der Waals surface area contributed by atoms with Gasteiger partial charge in [0.15, 0.2) is 0 Å². The smallest absolute Gasteiger partial charge is 0.437 e. The molecule has 0 saturated carbocycles. The Hall–Kier alpha value is -1.86. The largest absolute Gasteiger partial charge is 0.506 e. The summed E-state index contributed by atoms with van der Waals surface area (Å²) in [4.78, 5) is 12.4. The van der Waals surface area contributed by atoms with Crippen molar-refractivity contribution in [2.24, 2.45) is 0 Å². The fourth-order valence-corrected chi connectivity index (χ4v) is 5.72. The van der Waals surface area contributed by atoms with Gasteiger partial charge in [-0.2, -0.15) is 4.68 Å². The van der Waals surface area contributed by atoms with E-state index in [1.165, 1.54) is 77.0 Å². The van der Waals surface area contributed by atoms with Crippen LogP contribution in [0.25, 0.3) is 11.5 Å². The summed E-state index contributed by atoms with van der Waals surface area (Å²) < 4.78 is 6.35. The van der Waals surface area contributed by atoms with Gasteiger partial charge < -0.3 is 14.8 Å². The summed E-state index contributed by atoms with van der Waals surface area (Å²) in [5, 5.41) is 19.4. The molecule has 0 aliphatic carbocycles. The molecule has 0 aliphatic rings. The fourth-order valence-electron chi connectivity index (χ4n) is 4.79. The highest BCUT2D eigenvalue weighted by molar-refractivity contribution is 6.42. The van der Waals surface area contributed by atoms with Crippen molar-refractivity contribution < 1.29 is 9.52 Å². The normalized spacial score (nSPS) is 11.3. The average Bonchev–Trinajstić information content (AvgIpc) is 3.32. The Kier molecular flexibility index (Phi) is 14.7. The van der Waals surface area contributed by atoms with Gasteiger partial charge in [-0.1, -0.05) is 137 Å². The van der Waals surface area contributed by atoms with Gasteiger partial charge in [-0.15, -0.1) is 5.10 Å². The molecule has 0 amide bonds. The van der Waals surface area contributed by atoms with Gasteiger partial charge in [0.05, 0.1) is 27.3 Å². The lowest BCUT2D eigenvalue weighted by Crippen LogP contribution is -2.17. The zero-order chi connectivity index (χ0) is 29.6. The minimum absolute atomic E-state index is 0.0752. The molecule has 0 saturated heterocycles. The van der Waals surface area contributed by atoms with Gasteiger partial charge in [0.25, 0.3) is 0 Å². The molecule has 1 heterocycles. The third kappa shape index (κ3) is 10.7. The number of nitrogens with one attached hydrogen (secondary N) is 1. The third-order valence-corrected chi connectivity index (χ3v) is 8.60. The first-order valence-electron chi connectivity index (χ1n) is 14.8. The molecular formula is C31H41Cl4N3O3. The molecular weight excluding hydrogens is 604 g/mol. The molecule has 0 spiro atoms. The van der Waals surface area contributed by atoms with Gasteiger partial charge in [0.2, 0.25) is 5.89 Å². The molecule has 0 aliphatic heterocycles. The number of hydrogen-bond donors (Lipinski definition) is 2. The van der Waals surface area contributed by atoms with Gasteiger partial charge in [-0.3, -0.25) is 0 Å². The summed E-state index contributed by atoms with van der Waals surface area (Å²) in [6.07, 6.45) is 18.2. The summed E-state index contributed by atoms with van der Waals surface area (Å²) in [6, 6.07) is 6.38. The van der Waals surface area contributed by atoms with E-state index < -0.39 is 5.76 Å². The molecule has 1 aromatic heterocycles. The number of phenolic OH excluding ortho intramolecular Hbond substituents is 1. The van der Waals surface area contributed by atoms with Crippen LogP contribution in [0.3, 0.4) is 0 Å². The second-order valence-electron chi connectivity index (χ2n) is 10.5. The van der Waals surface area contributed by atoms with Gasteiger partial charge in [-0.25, -0.2) is 4.79 Å². The maximum atomic E-state index is 12.4. The summed E-state index contributed by atoms with van der Waals surface area (Å²) >= 11 is 25.0. The van der Waals surface area contributed by atoms with E-state index in [0.717, 1.165) is 17.5 Å². The maximum Gasteiger partial charge on any atom is 0.437 e. The van der Waals surface area contributed by atoms with Crippen molar-refractivity contribution >= 4 is 52.1 Å². The molecule has 41 heavy (non-hydrogen) atoms. The molecule has 0 atom stereocenters. The number of halogens is 4. The Labute approximate surface area is 263 Å². The standard InChI is InChI=1S/C31H41Cl4N3O3/c1-2-3-4-5-6-7-8-9-10-11-12-13-14-15-18-36-28-26(34)20-23(29(39)27(28)35)21-38-31(40)41-30(37-38)22-16-17-24(32)25(33)19-22/h16-17,19-20,36,39H,2-15,18,21H2,1H3.